The topological polar surface area (TPSA) is 75.4 Å². The van der Waals surface area contributed by atoms with Crippen LogP contribution in [0.3, 0.4) is 0 Å². The summed E-state index contributed by atoms with van der Waals surface area (Å²) >= 11 is 0. The largest absolute Gasteiger partial charge is 0.350 e. The number of nitrogens with zero attached hydrogens (tertiary/aromatic N) is 1. The van der Waals surface area contributed by atoms with Crippen LogP contribution in [-0.4, -0.2) is 41.4 Å². The number of rotatable bonds is 3. The van der Waals surface area contributed by atoms with Gasteiger partial charge in [0.25, 0.3) is 0 Å². The van der Waals surface area contributed by atoms with E-state index in [2.05, 4.69) is 5.32 Å². The molecule has 1 rings (SSSR count). The maximum atomic E-state index is 12.3. The predicted molar refractivity (Wildman–Crippen MR) is 82.8 cm³/mol. The van der Waals surface area contributed by atoms with E-state index < -0.39 is 5.54 Å². The Morgan fingerprint density at radius 3 is 2.15 bits per heavy atom. The SMILES string of the molecule is CN(CC(=O)NC(C)(C)C)C(=O)C1(N)CCCCC1.Cl. The molecule has 0 aromatic heterocycles. The number of carbonyl (C=O) groups is 2. The molecule has 2 amide bonds. The molecule has 0 bridgehead atoms. The van der Waals surface area contributed by atoms with Crippen molar-refractivity contribution in [2.24, 2.45) is 5.73 Å². The Balaban J connectivity index is 0.00000361. The third-order valence-corrected chi connectivity index (χ3v) is 3.41. The fourth-order valence-electron chi connectivity index (χ4n) is 2.52. The van der Waals surface area contributed by atoms with Crippen LogP contribution < -0.4 is 11.1 Å². The molecule has 3 N–H and O–H groups in total. The van der Waals surface area contributed by atoms with Crippen molar-refractivity contribution in [2.75, 3.05) is 13.6 Å². The van der Waals surface area contributed by atoms with E-state index >= 15 is 0 Å². The van der Waals surface area contributed by atoms with Gasteiger partial charge in [-0.25, -0.2) is 0 Å². The maximum Gasteiger partial charge on any atom is 0.242 e. The van der Waals surface area contributed by atoms with E-state index in [-0.39, 0.29) is 36.3 Å². The van der Waals surface area contributed by atoms with E-state index in [9.17, 15) is 9.59 Å². The van der Waals surface area contributed by atoms with Gasteiger partial charge >= 0.3 is 0 Å². The van der Waals surface area contributed by atoms with E-state index in [0.29, 0.717) is 0 Å². The van der Waals surface area contributed by atoms with Crippen LogP contribution in [0.2, 0.25) is 0 Å². The Hall–Kier alpha value is -0.810. The van der Waals surface area contributed by atoms with Crippen molar-refractivity contribution >= 4 is 24.2 Å². The van der Waals surface area contributed by atoms with Crippen molar-refractivity contribution in [3.63, 3.8) is 0 Å². The van der Waals surface area contributed by atoms with Crippen molar-refractivity contribution < 1.29 is 9.59 Å². The Kier molecular flexibility index (Phi) is 6.98. The molecule has 1 fully saturated rings. The second-order valence-corrected chi connectivity index (χ2v) is 6.68. The highest BCUT2D eigenvalue weighted by molar-refractivity contribution is 5.90. The van der Waals surface area contributed by atoms with Crippen LogP contribution in [-0.2, 0) is 9.59 Å². The van der Waals surface area contributed by atoms with E-state index in [0.717, 1.165) is 32.1 Å². The van der Waals surface area contributed by atoms with E-state index in [4.69, 9.17) is 5.73 Å². The molecule has 0 unspecified atom stereocenters. The molecule has 0 aromatic rings. The van der Waals surface area contributed by atoms with Gasteiger partial charge in [-0.3, -0.25) is 9.59 Å². The summed E-state index contributed by atoms with van der Waals surface area (Å²) < 4.78 is 0. The molecule has 1 saturated carbocycles. The first-order valence-corrected chi connectivity index (χ1v) is 6.99. The fourth-order valence-corrected chi connectivity index (χ4v) is 2.52. The zero-order valence-electron chi connectivity index (χ0n) is 13.0. The lowest BCUT2D eigenvalue weighted by atomic mass is 9.81. The lowest BCUT2D eigenvalue weighted by Crippen LogP contribution is -2.57. The smallest absolute Gasteiger partial charge is 0.242 e. The van der Waals surface area contributed by atoms with Gasteiger partial charge in [0.2, 0.25) is 11.8 Å². The number of halogens is 1. The van der Waals surface area contributed by atoms with Crippen LogP contribution in [0.15, 0.2) is 0 Å². The molecule has 0 heterocycles. The van der Waals surface area contributed by atoms with Gasteiger partial charge < -0.3 is 16.0 Å². The van der Waals surface area contributed by atoms with Gasteiger partial charge in [0, 0.05) is 12.6 Å². The summed E-state index contributed by atoms with van der Waals surface area (Å²) in [6, 6.07) is 0. The molecule has 0 aromatic carbocycles. The molecule has 0 radical (unpaired) electrons. The Labute approximate surface area is 128 Å². The molecular formula is C14H28ClN3O2. The number of likely N-dealkylation sites (N-methyl/N-ethyl adjacent to an activating group) is 1. The van der Waals surface area contributed by atoms with Crippen molar-refractivity contribution in [2.45, 2.75) is 64.0 Å². The normalized spacial score (nSPS) is 17.9. The molecule has 0 spiro atoms. The van der Waals surface area contributed by atoms with Gasteiger partial charge in [-0.1, -0.05) is 19.3 Å². The van der Waals surface area contributed by atoms with Gasteiger partial charge in [0.15, 0.2) is 0 Å². The Bertz CT molecular complexity index is 347. The number of hydrogen-bond donors (Lipinski definition) is 2. The minimum absolute atomic E-state index is 0. The molecule has 5 nitrogen and oxygen atoms in total. The monoisotopic (exact) mass is 305 g/mol. The third-order valence-electron chi connectivity index (χ3n) is 3.41. The molecule has 0 saturated heterocycles. The quantitative estimate of drug-likeness (QED) is 0.828. The molecule has 20 heavy (non-hydrogen) atoms. The highest BCUT2D eigenvalue weighted by Crippen LogP contribution is 2.27. The van der Waals surface area contributed by atoms with E-state index in [1.54, 1.807) is 7.05 Å². The first kappa shape index (κ1) is 19.2. The molecule has 1 aliphatic rings. The van der Waals surface area contributed by atoms with Crippen LogP contribution in [0.5, 0.6) is 0 Å². The average molecular weight is 306 g/mol. The minimum atomic E-state index is -0.769. The zero-order chi connectivity index (χ0) is 14.7. The van der Waals surface area contributed by atoms with Crippen LogP contribution in [0.25, 0.3) is 0 Å². The van der Waals surface area contributed by atoms with Gasteiger partial charge in [0.05, 0.1) is 12.1 Å². The number of carbonyl (C=O) groups excluding carboxylic acids is 2. The molecule has 1 aliphatic carbocycles. The number of nitrogens with two attached hydrogens (primary N) is 1. The lowest BCUT2D eigenvalue weighted by Gasteiger charge is -2.35. The Morgan fingerprint density at radius 1 is 1.20 bits per heavy atom. The van der Waals surface area contributed by atoms with Crippen molar-refractivity contribution in [3.8, 4) is 0 Å². The lowest BCUT2D eigenvalue weighted by molar-refractivity contribution is -0.140. The zero-order valence-corrected chi connectivity index (χ0v) is 13.8. The van der Waals surface area contributed by atoms with Gasteiger partial charge in [-0.05, 0) is 33.6 Å². The standard InChI is InChI=1S/C14H27N3O2.ClH/c1-13(2,3)16-11(18)10-17(4)12(19)14(15)8-6-5-7-9-14;/h5-10,15H2,1-4H3,(H,16,18);1H. The van der Waals surface area contributed by atoms with E-state index in [1.165, 1.54) is 4.90 Å². The second kappa shape index (κ2) is 7.27. The summed E-state index contributed by atoms with van der Waals surface area (Å²) in [4.78, 5) is 25.6. The first-order valence-electron chi connectivity index (χ1n) is 6.99. The minimum Gasteiger partial charge on any atom is -0.350 e. The molecular weight excluding hydrogens is 278 g/mol. The highest BCUT2D eigenvalue weighted by atomic mass is 35.5. The number of hydrogen-bond acceptors (Lipinski definition) is 3. The van der Waals surface area contributed by atoms with Crippen molar-refractivity contribution in [1.29, 1.82) is 0 Å². The van der Waals surface area contributed by atoms with Crippen LogP contribution in [0, 0.1) is 0 Å². The van der Waals surface area contributed by atoms with Crippen LogP contribution >= 0.6 is 12.4 Å². The summed E-state index contributed by atoms with van der Waals surface area (Å²) in [6.07, 6.45) is 4.56. The summed E-state index contributed by atoms with van der Waals surface area (Å²) in [5.41, 5.74) is 5.13. The van der Waals surface area contributed by atoms with Gasteiger partial charge in [0.1, 0.15) is 0 Å². The average Bonchev–Trinajstić information content (AvgIpc) is 2.26. The summed E-state index contributed by atoms with van der Waals surface area (Å²) in [7, 11) is 1.65. The third kappa shape index (κ3) is 5.67. The molecule has 6 heteroatoms. The summed E-state index contributed by atoms with van der Waals surface area (Å²) in [6.45, 7) is 5.81. The maximum absolute atomic E-state index is 12.3. The highest BCUT2D eigenvalue weighted by Gasteiger charge is 2.37. The van der Waals surface area contributed by atoms with Crippen LogP contribution in [0.1, 0.15) is 52.9 Å². The number of amides is 2. The molecule has 0 atom stereocenters. The van der Waals surface area contributed by atoms with Crippen LogP contribution in [0.4, 0.5) is 0 Å². The molecule has 0 aliphatic heterocycles. The van der Waals surface area contributed by atoms with Crippen molar-refractivity contribution in [3.05, 3.63) is 0 Å². The fraction of sp³-hybridized carbons (Fsp3) is 0.857. The number of nitrogens with one attached hydrogen (secondary N) is 1. The second-order valence-electron chi connectivity index (χ2n) is 6.68. The Morgan fingerprint density at radius 2 is 1.70 bits per heavy atom. The van der Waals surface area contributed by atoms with Gasteiger partial charge in [-0.2, -0.15) is 0 Å². The summed E-state index contributed by atoms with van der Waals surface area (Å²) in [5, 5.41) is 2.85. The predicted octanol–water partition coefficient (Wildman–Crippen LogP) is 1.44. The first-order chi connectivity index (χ1) is 8.64. The molecule has 118 valence electrons. The van der Waals surface area contributed by atoms with Gasteiger partial charge in [-0.15, -0.1) is 12.4 Å². The van der Waals surface area contributed by atoms with E-state index in [1.807, 2.05) is 20.8 Å². The summed E-state index contributed by atoms with van der Waals surface area (Å²) in [5.74, 6) is -0.265. The van der Waals surface area contributed by atoms with Crippen molar-refractivity contribution in [1.82, 2.24) is 10.2 Å².